The lowest BCUT2D eigenvalue weighted by Gasteiger charge is -2.30. The fraction of sp³-hybridized carbons (Fsp3) is 0.375. The first kappa shape index (κ1) is 15.0. The van der Waals surface area contributed by atoms with E-state index in [1.165, 1.54) is 10.9 Å². The Morgan fingerprint density at radius 1 is 1.25 bits per heavy atom. The van der Waals surface area contributed by atoms with Gasteiger partial charge in [-0.3, -0.25) is 0 Å². The summed E-state index contributed by atoms with van der Waals surface area (Å²) in [6.45, 7) is 4.21. The summed E-state index contributed by atoms with van der Waals surface area (Å²) < 4.78 is 13.5. The lowest BCUT2D eigenvalue weighted by Crippen LogP contribution is -2.24. The van der Waals surface area contributed by atoms with Gasteiger partial charge >= 0.3 is 0 Å². The van der Waals surface area contributed by atoms with Crippen molar-refractivity contribution in [3.8, 4) is 0 Å². The standard InChI is InChI=1S/C16H21FN2S/c1-11(18-3)14-10-13(17)7-8-15(14)19(4)12(2)16-6-5-9-20-16/h5-12,18H,1-4H3. The summed E-state index contributed by atoms with van der Waals surface area (Å²) in [4.78, 5) is 3.51. The average molecular weight is 292 g/mol. The molecular formula is C16H21FN2S. The van der Waals surface area contributed by atoms with E-state index in [1.807, 2.05) is 20.0 Å². The normalized spacial score (nSPS) is 14.1. The predicted molar refractivity (Wildman–Crippen MR) is 85.0 cm³/mol. The van der Waals surface area contributed by atoms with Gasteiger partial charge in [0.05, 0.1) is 6.04 Å². The maximum atomic E-state index is 13.5. The number of nitrogens with zero attached hydrogens (tertiary/aromatic N) is 1. The molecule has 108 valence electrons. The van der Waals surface area contributed by atoms with Gasteiger partial charge in [0.2, 0.25) is 0 Å². The minimum absolute atomic E-state index is 0.110. The maximum Gasteiger partial charge on any atom is 0.123 e. The molecule has 20 heavy (non-hydrogen) atoms. The lowest BCUT2D eigenvalue weighted by molar-refractivity contribution is 0.605. The molecule has 2 aromatic rings. The number of rotatable bonds is 5. The molecule has 1 heterocycles. The molecule has 0 aliphatic carbocycles. The van der Waals surface area contributed by atoms with E-state index in [0.717, 1.165) is 11.3 Å². The third kappa shape index (κ3) is 3.02. The van der Waals surface area contributed by atoms with Gasteiger partial charge in [-0.2, -0.15) is 0 Å². The summed E-state index contributed by atoms with van der Waals surface area (Å²) >= 11 is 1.75. The number of halogens is 1. The van der Waals surface area contributed by atoms with Crippen LogP contribution in [0.1, 0.15) is 36.4 Å². The van der Waals surface area contributed by atoms with Gasteiger partial charge in [0, 0.05) is 23.7 Å². The van der Waals surface area contributed by atoms with Crippen LogP contribution >= 0.6 is 11.3 Å². The maximum absolute atomic E-state index is 13.5. The van der Waals surface area contributed by atoms with Crippen molar-refractivity contribution in [2.45, 2.75) is 25.9 Å². The Labute approximate surface area is 124 Å². The first-order valence-electron chi connectivity index (χ1n) is 6.77. The van der Waals surface area contributed by atoms with Crippen LogP contribution in [0, 0.1) is 5.82 Å². The summed E-state index contributed by atoms with van der Waals surface area (Å²) in [5, 5.41) is 5.27. The molecule has 1 N–H and O–H groups in total. The molecule has 1 aromatic heterocycles. The van der Waals surface area contributed by atoms with E-state index in [-0.39, 0.29) is 17.9 Å². The van der Waals surface area contributed by atoms with Crippen molar-refractivity contribution in [1.29, 1.82) is 0 Å². The Morgan fingerprint density at radius 3 is 2.60 bits per heavy atom. The van der Waals surface area contributed by atoms with E-state index in [9.17, 15) is 4.39 Å². The Kier molecular flexibility index (Phi) is 4.78. The highest BCUT2D eigenvalue weighted by Gasteiger charge is 2.18. The predicted octanol–water partition coefficient (Wildman–Crippen LogP) is 4.37. The smallest absolute Gasteiger partial charge is 0.123 e. The largest absolute Gasteiger partial charge is 0.367 e. The fourth-order valence-electron chi connectivity index (χ4n) is 2.28. The van der Waals surface area contributed by atoms with Gasteiger partial charge in [0.25, 0.3) is 0 Å². The van der Waals surface area contributed by atoms with Crippen molar-refractivity contribution in [3.63, 3.8) is 0 Å². The minimum Gasteiger partial charge on any atom is -0.367 e. The Morgan fingerprint density at radius 2 is 2.00 bits per heavy atom. The zero-order chi connectivity index (χ0) is 14.7. The lowest BCUT2D eigenvalue weighted by atomic mass is 10.0. The SMILES string of the molecule is CNC(C)c1cc(F)ccc1N(C)C(C)c1cccs1. The monoisotopic (exact) mass is 292 g/mol. The molecule has 4 heteroatoms. The van der Waals surface area contributed by atoms with E-state index >= 15 is 0 Å². The molecule has 0 aliphatic heterocycles. The first-order chi connectivity index (χ1) is 9.54. The summed E-state index contributed by atoms with van der Waals surface area (Å²) in [5.74, 6) is -0.192. The molecular weight excluding hydrogens is 271 g/mol. The van der Waals surface area contributed by atoms with E-state index < -0.39 is 0 Å². The topological polar surface area (TPSA) is 15.3 Å². The minimum atomic E-state index is -0.192. The molecule has 0 bridgehead atoms. The summed E-state index contributed by atoms with van der Waals surface area (Å²) in [6, 6.07) is 9.58. The second kappa shape index (κ2) is 6.37. The summed E-state index contributed by atoms with van der Waals surface area (Å²) in [7, 11) is 3.95. The van der Waals surface area contributed by atoms with Gasteiger partial charge in [-0.25, -0.2) is 4.39 Å². The van der Waals surface area contributed by atoms with Crippen LogP contribution in [0.5, 0.6) is 0 Å². The summed E-state index contributed by atoms with van der Waals surface area (Å²) in [6.07, 6.45) is 0. The number of hydrogen-bond acceptors (Lipinski definition) is 3. The molecule has 0 amide bonds. The van der Waals surface area contributed by atoms with Gasteiger partial charge in [0.15, 0.2) is 0 Å². The fourth-order valence-corrected chi connectivity index (χ4v) is 3.10. The Balaban J connectivity index is 2.36. The zero-order valence-electron chi connectivity index (χ0n) is 12.4. The molecule has 0 saturated carbocycles. The first-order valence-corrected chi connectivity index (χ1v) is 7.65. The van der Waals surface area contributed by atoms with Gasteiger partial charge < -0.3 is 10.2 Å². The molecule has 2 unspecified atom stereocenters. The molecule has 0 spiro atoms. The second-order valence-electron chi connectivity index (χ2n) is 5.02. The van der Waals surface area contributed by atoms with Crippen molar-refractivity contribution in [1.82, 2.24) is 5.32 Å². The van der Waals surface area contributed by atoms with Crippen LogP contribution in [0.15, 0.2) is 35.7 Å². The van der Waals surface area contributed by atoms with Crippen molar-refractivity contribution >= 4 is 17.0 Å². The second-order valence-corrected chi connectivity index (χ2v) is 6.00. The van der Waals surface area contributed by atoms with Crippen molar-refractivity contribution in [3.05, 3.63) is 52.0 Å². The molecule has 0 fully saturated rings. The molecule has 1 aromatic carbocycles. The van der Waals surface area contributed by atoms with E-state index in [4.69, 9.17) is 0 Å². The van der Waals surface area contributed by atoms with E-state index in [1.54, 1.807) is 17.4 Å². The molecule has 2 atom stereocenters. The zero-order valence-corrected chi connectivity index (χ0v) is 13.2. The third-order valence-electron chi connectivity index (χ3n) is 3.80. The van der Waals surface area contributed by atoms with Crippen LogP contribution in [0.4, 0.5) is 10.1 Å². The van der Waals surface area contributed by atoms with E-state index in [0.29, 0.717) is 0 Å². The van der Waals surface area contributed by atoms with Crippen molar-refractivity contribution in [2.24, 2.45) is 0 Å². The Hall–Kier alpha value is -1.39. The van der Waals surface area contributed by atoms with Crippen molar-refractivity contribution in [2.75, 3.05) is 19.0 Å². The molecule has 2 nitrogen and oxygen atoms in total. The molecule has 2 rings (SSSR count). The van der Waals surface area contributed by atoms with Crippen molar-refractivity contribution < 1.29 is 4.39 Å². The third-order valence-corrected chi connectivity index (χ3v) is 4.85. The van der Waals surface area contributed by atoms with Crippen LogP contribution < -0.4 is 10.2 Å². The highest BCUT2D eigenvalue weighted by atomic mass is 32.1. The highest BCUT2D eigenvalue weighted by molar-refractivity contribution is 7.10. The number of hydrogen-bond donors (Lipinski definition) is 1. The number of thiophene rings is 1. The molecule has 0 aliphatic rings. The highest BCUT2D eigenvalue weighted by Crippen LogP contribution is 2.33. The van der Waals surface area contributed by atoms with Crippen LogP contribution in [-0.4, -0.2) is 14.1 Å². The van der Waals surface area contributed by atoms with E-state index in [2.05, 4.69) is 41.7 Å². The molecule has 0 saturated heterocycles. The average Bonchev–Trinajstić information content (AvgIpc) is 2.99. The quantitative estimate of drug-likeness (QED) is 0.880. The van der Waals surface area contributed by atoms with Gasteiger partial charge in [-0.15, -0.1) is 11.3 Å². The van der Waals surface area contributed by atoms with Crippen LogP contribution in [0.2, 0.25) is 0 Å². The van der Waals surface area contributed by atoms with Gasteiger partial charge in [-0.05, 0) is 56.1 Å². The van der Waals surface area contributed by atoms with Crippen LogP contribution in [-0.2, 0) is 0 Å². The molecule has 0 radical (unpaired) electrons. The summed E-state index contributed by atoms with van der Waals surface area (Å²) in [5.41, 5.74) is 2.05. The van der Waals surface area contributed by atoms with Crippen LogP contribution in [0.25, 0.3) is 0 Å². The number of anilines is 1. The number of nitrogens with one attached hydrogen (secondary N) is 1. The number of benzene rings is 1. The van der Waals surface area contributed by atoms with Gasteiger partial charge in [0.1, 0.15) is 5.82 Å². The van der Waals surface area contributed by atoms with Crippen LogP contribution in [0.3, 0.4) is 0 Å². The Bertz CT molecular complexity index is 554. The van der Waals surface area contributed by atoms with Gasteiger partial charge in [-0.1, -0.05) is 6.07 Å².